The van der Waals surface area contributed by atoms with Crippen LogP contribution in [0, 0.1) is 5.41 Å². The molecule has 0 radical (unpaired) electrons. The van der Waals surface area contributed by atoms with Crippen molar-refractivity contribution in [1.29, 1.82) is 0 Å². The van der Waals surface area contributed by atoms with Crippen LogP contribution in [0.1, 0.15) is 59.1 Å². The Kier molecular flexibility index (Phi) is 3.55. The maximum Gasteiger partial charge on any atom is 0.00550 e. The third-order valence-corrected chi connectivity index (χ3v) is 4.44. The number of hydrogen-bond acceptors (Lipinski definition) is 1. The van der Waals surface area contributed by atoms with Crippen LogP contribution in [-0.4, -0.2) is 13.1 Å². The van der Waals surface area contributed by atoms with Gasteiger partial charge in [-0.05, 0) is 28.4 Å². The van der Waals surface area contributed by atoms with Gasteiger partial charge in [0, 0.05) is 18.5 Å². The first kappa shape index (κ1) is 14.6. The first-order valence-electron chi connectivity index (χ1n) is 7.44. The van der Waals surface area contributed by atoms with Crippen LogP contribution in [0.25, 0.3) is 0 Å². The van der Waals surface area contributed by atoms with Crippen molar-refractivity contribution in [1.82, 2.24) is 5.32 Å². The summed E-state index contributed by atoms with van der Waals surface area (Å²) < 4.78 is 0. The Hall–Kier alpha value is -0.820. The van der Waals surface area contributed by atoms with Gasteiger partial charge < -0.3 is 5.32 Å². The lowest BCUT2D eigenvalue weighted by Gasteiger charge is -2.44. The fraction of sp³-hybridized carbons (Fsp3) is 0.667. The molecule has 0 aliphatic carbocycles. The zero-order valence-corrected chi connectivity index (χ0v) is 13.4. The molecule has 1 saturated heterocycles. The first-order valence-corrected chi connectivity index (χ1v) is 7.44. The summed E-state index contributed by atoms with van der Waals surface area (Å²) in [6.07, 6.45) is 1.25. The fourth-order valence-corrected chi connectivity index (χ4v) is 3.43. The van der Waals surface area contributed by atoms with Crippen LogP contribution >= 0.6 is 0 Å². The van der Waals surface area contributed by atoms with E-state index < -0.39 is 0 Å². The molecule has 2 rings (SSSR count). The molecule has 1 heterocycles. The number of rotatable bonds is 1. The molecule has 0 saturated carbocycles. The third kappa shape index (κ3) is 3.20. The van der Waals surface area contributed by atoms with Gasteiger partial charge in [0.15, 0.2) is 0 Å². The van der Waals surface area contributed by atoms with Gasteiger partial charge >= 0.3 is 0 Å². The van der Waals surface area contributed by atoms with Crippen molar-refractivity contribution in [2.24, 2.45) is 5.41 Å². The van der Waals surface area contributed by atoms with Crippen LogP contribution in [-0.2, 0) is 10.8 Å². The SMILES string of the molecule is CC1(C)CNCC(C)(c2ccc(C(C)(C)C)cc2)C1. The largest absolute Gasteiger partial charge is 0.315 e. The van der Waals surface area contributed by atoms with E-state index in [1.165, 1.54) is 17.5 Å². The maximum absolute atomic E-state index is 3.61. The molecule has 0 amide bonds. The van der Waals surface area contributed by atoms with Crippen LogP contribution in [0.4, 0.5) is 0 Å². The molecular weight excluding hydrogens is 230 g/mol. The summed E-state index contributed by atoms with van der Waals surface area (Å²) in [5.74, 6) is 0. The first-order chi connectivity index (χ1) is 8.62. The summed E-state index contributed by atoms with van der Waals surface area (Å²) in [4.78, 5) is 0. The summed E-state index contributed by atoms with van der Waals surface area (Å²) >= 11 is 0. The summed E-state index contributed by atoms with van der Waals surface area (Å²) in [6, 6.07) is 9.29. The van der Waals surface area contributed by atoms with Crippen molar-refractivity contribution in [3.8, 4) is 0 Å². The number of nitrogens with one attached hydrogen (secondary N) is 1. The molecule has 1 atom stereocenters. The van der Waals surface area contributed by atoms with Gasteiger partial charge in [0.2, 0.25) is 0 Å². The van der Waals surface area contributed by atoms with E-state index in [-0.39, 0.29) is 10.8 Å². The van der Waals surface area contributed by atoms with Crippen LogP contribution in [0.5, 0.6) is 0 Å². The molecule has 1 aliphatic rings. The summed E-state index contributed by atoms with van der Waals surface area (Å²) in [6.45, 7) is 16.2. The molecule has 0 aromatic heterocycles. The third-order valence-electron chi connectivity index (χ3n) is 4.44. The number of hydrogen-bond donors (Lipinski definition) is 1. The van der Waals surface area contributed by atoms with Crippen LogP contribution in [0.3, 0.4) is 0 Å². The van der Waals surface area contributed by atoms with Crippen molar-refractivity contribution in [2.45, 2.75) is 58.8 Å². The Morgan fingerprint density at radius 2 is 1.53 bits per heavy atom. The van der Waals surface area contributed by atoms with Crippen LogP contribution in [0.15, 0.2) is 24.3 Å². The van der Waals surface area contributed by atoms with Crippen LogP contribution < -0.4 is 5.32 Å². The smallest absolute Gasteiger partial charge is 0.00550 e. The minimum atomic E-state index is 0.240. The van der Waals surface area contributed by atoms with Gasteiger partial charge in [-0.25, -0.2) is 0 Å². The van der Waals surface area contributed by atoms with Gasteiger partial charge in [-0.15, -0.1) is 0 Å². The van der Waals surface area contributed by atoms with Gasteiger partial charge in [-0.2, -0.15) is 0 Å². The molecule has 1 aromatic carbocycles. The second kappa shape index (κ2) is 4.63. The van der Waals surface area contributed by atoms with E-state index >= 15 is 0 Å². The quantitative estimate of drug-likeness (QED) is 0.794. The van der Waals surface area contributed by atoms with E-state index in [1.807, 2.05) is 0 Å². The van der Waals surface area contributed by atoms with Crippen molar-refractivity contribution >= 4 is 0 Å². The van der Waals surface area contributed by atoms with Gasteiger partial charge in [0.05, 0.1) is 0 Å². The molecule has 19 heavy (non-hydrogen) atoms. The predicted molar refractivity (Wildman–Crippen MR) is 83.8 cm³/mol. The maximum atomic E-state index is 3.61. The van der Waals surface area contributed by atoms with E-state index in [0.717, 1.165) is 13.1 Å². The van der Waals surface area contributed by atoms with Gasteiger partial charge in [0.25, 0.3) is 0 Å². The number of benzene rings is 1. The summed E-state index contributed by atoms with van der Waals surface area (Å²) in [5.41, 5.74) is 3.78. The molecular formula is C18H29N. The Morgan fingerprint density at radius 1 is 0.947 bits per heavy atom. The highest BCUT2D eigenvalue weighted by molar-refractivity contribution is 5.33. The minimum Gasteiger partial charge on any atom is -0.315 e. The van der Waals surface area contributed by atoms with Crippen molar-refractivity contribution in [3.63, 3.8) is 0 Å². The lowest BCUT2D eigenvalue weighted by molar-refractivity contribution is 0.180. The monoisotopic (exact) mass is 259 g/mol. The predicted octanol–water partition coefficient (Wildman–Crippen LogP) is 4.26. The molecule has 1 aliphatic heterocycles. The van der Waals surface area contributed by atoms with Gasteiger partial charge in [0.1, 0.15) is 0 Å². The minimum absolute atomic E-state index is 0.240. The fourth-order valence-electron chi connectivity index (χ4n) is 3.43. The highest BCUT2D eigenvalue weighted by atomic mass is 14.9. The average molecular weight is 259 g/mol. The molecule has 0 spiro atoms. The second-order valence-electron chi connectivity index (χ2n) is 8.33. The zero-order chi connectivity index (χ0) is 14.3. The Morgan fingerprint density at radius 3 is 2.00 bits per heavy atom. The highest BCUT2D eigenvalue weighted by Gasteiger charge is 2.37. The van der Waals surface area contributed by atoms with E-state index in [4.69, 9.17) is 0 Å². The molecule has 1 N–H and O–H groups in total. The molecule has 1 unspecified atom stereocenters. The normalized spacial score (nSPS) is 27.3. The molecule has 106 valence electrons. The van der Waals surface area contributed by atoms with Gasteiger partial charge in [-0.1, -0.05) is 65.8 Å². The van der Waals surface area contributed by atoms with E-state index in [9.17, 15) is 0 Å². The average Bonchev–Trinajstić information content (AvgIpc) is 2.26. The van der Waals surface area contributed by atoms with Gasteiger partial charge in [-0.3, -0.25) is 0 Å². The zero-order valence-electron chi connectivity index (χ0n) is 13.4. The molecule has 1 heteroatoms. The molecule has 0 bridgehead atoms. The van der Waals surface area contributed by atoms with E-state index in [0.29, 0.717) is 5.41 Å². The van der Waals surface area contributed by atoms with E-state index in [2.05, 4.69) is 71.1 Å². The van der Waals surface area contributed by atoms with Crippen LogP contribution in [0.2, 0.25) is 0 Å². The van der Waals surface area contributed by atoms with Crippen molar-refractivity contribution in [3.05, 3.63) is 35.4 Å². The highest BCUT2D eigenvalue weighted by Crippen LogP contribution is 2.39. The molecule has 1 nitrogen and oxygen atoms in total. The summed E-state index contributed by atoms with van der Waals surface area (Å²) in [5, 5.41) is 3.61. The number of piperidine rings is 1. The molecule has 1 aromatic rings. The topological polar surface area (TPSA) is 12.0 Å². The molecule has 1 fully saturated rings. The lowest BCUT2D eigenvalue weighted by atomic mass is 9.67. The Balaban J connectivity index is 2.26. The summed E-state index contributed by atoms with van der Waals surface area (Å²) in [7, 11) is 0. The standard InChI is InChI=1S/C18H29N/c1-16(2,3)14-7-9-15(10-8-14)18(6)11-17(4,5)12-19-13-18/h7-10,19H,11-13H2,1-6H3. The Labute approximate surface area is 118 Å². The second-order valence-corrected chi connectivity index (χ2v) is 8.33. The van der Waals surface area contributed by atoms with E-state index in [1.54, 1.807) is 0 Å². The Bertz CT molecular complexity index is 436. The van der Waals surface area contributed by atoms with Crippen molar-refractivity contribution < 1.29 is 0 Å². The lowest BCUT2D eigenvalue weighted by Crippen LogP contribution is -2.49. The van der Waals surface area contributed by atoms with Crippen molar-refractivity contribution in [2.75, 3.05) is 13.1 Å².